The molecular weight excluding hydrogens is 604 g/mol. The van der Waals surface area contributed by atoms with Crippen LogP contribution in [0, 0.1) is 5.92 Å². The number of aromatic nitrogens is 1. The maximum absolute atomic E-state index is 13.8. The lowest BCUT2D eigenvalue weighted by molar-refractivity contribution is -0.118. The van der Waals surface area contributed by atoms with Crippen molar-refractivity contribution in [2.24, 2.45) is 5.92 Å². The molecule has 2 aromatic carbocycles. The Labute approximate surface area is 277 Å². The number of rotatable bonds is 9. The summed E-state index contributed by atoms with van der Waals surface area (Å²) in [6, 6.07) is 15.0. The molecular formula is C36H45ClN4O5. The van der Waals surface area contributed by atoms with Gasteiger partial charge in [-0.1, -0.05) is 23.7 Å². The molecule has 1 atom stereocenters. The summed E-state index contributed by atoms with van der Waals surface area (Å²) in [5.41, 5.74) is 3.16. The molecule has 5 rings (SSSR count). The van der Waals surface area contributed by atoms with Gasteiger partial charge in [0.2, 0.25) is 5.91 Å². The van der Waals surface area contributed by atoms with Gasteiger partial charge in [0.15, 0.2) is 11.5 Å². The Bertz CT molecular complexity index is 1510. The predicted molar refractivity (Wildman–Crippen MR) is 181 cm³/mol. The standard InChI is InChI=1S/C36H45ClN4O5/c1-22(2)45-31-19-29-25(17-30(31)44-6)18-33(42)41(34(29)24-9-11-26(37)12-10-24)32-16-15-28(21-39-32)38-20-23-7-13-27(14-8-23)40-35(43)46-36(3,4)5/h9-12,15-17,19,21-23,27,34,38H,7-8,13-14,18,20H2,1-6H3,(H,40,43). The van der Waals surface area contributed by atoms with Crippen LogP contribution in [0.2, 0.25) is 5.02 Å². The van der Waals surface area contributed by atoms with Gasteiger partial charge < -0.3 is 24.8 Å². The molecule has 1 unspecified atom stereocenters. The average Bonchev–Trinajstić information content (AvgIpc) is 2.99. The molecule has 0 spiro atoms. The number of alkyl carbamates (subject to hydrolysis) is 1. The van der Waals surface area contributed by atoms with Crippen molar-refractivity contribution in [2.45, 2.75) is 90.5 Å². The summed E-state index contributed by atoms with van der Waals surface area (Å²) >= 11 is 6.25. The second kappa shape index (κ2) is 14.2. The average molecular weight is 649 g/mol. The van der Waals surface area contributed by atoms with E-state index in [1.54, 1.807) is 18.2 Å². The Morgan fingerprint density at radius 1 is 1.04 bits per heavy atom. The molecule has 2 heterocycles. The van der Waals surface area contributed by atoms with Crippen LogP contribution in [0.25, 0.3) is 0 Å². The number of nitrogens with zero attached hydrogens (tertiary/aromatic N) is 2. The van der Waals surface area contributed by atoms with E-state index in [4.69, 9.17) is 30.8 Å². The molecule has 1 aliphatic carbocycles. The molecule has 1 aliphatic heterocycles. The molecule has 2 N–H and O–H groups in total. The zero-order chi connectivity index (χ0) is 33.0. The van der Waals surface area contributed by atoms with Crippen LogP contribution in [0.1, 0.15) is 83.0 Å². The van der Waals surface area contributed by atoms with Crippen LogP contribution in [0.5, 0.6) is 11.5 Å². The van der Waals surface area contributed by atoms with E-state index in [9.17, 15) is 9.59 Å². The summed E-state index contributed by atoms with van der Waals surface area (Å²) < 4.78 is 17.1. The Morgan fingerprint density at radius 3 is 2.37 bits per heavy atom. The lowest BCUT2D eigenvalue weighted by Gasteiger charge is -2.37. The van der Waals surface area contributed by atoms with Crippen LogP contribution in [0.4, 0.5) is 16.3 Å². The smallest absolute Gasteiger partial charge is 0.407 e. The molecule has 246 valence electrons. The highest BCUT2D eigenvalue weighted by atomic mass is 35.5. The van der Waals surface area contributed by atoms with Gasteiger partial charge in [-0.25, -0.2) is 9.78 Å². The molecule has 2 aliphatic rings. The number of fused-ring (bicyclic) bond motifs is 1. The molecule has 0 bridgehead atoms. The van der Waals surface area contributed by atoms with Crippen molar-refractivity contribution in [2.75, 3.05) is 23.9 Å². The minimum absolute atomic E-state index is 0.0482. The van der Waals surface area contributed by atoms with Gasteiger partial charge in [0.05, 0.1) is 37.6 Å². The van der Waals surface area contributed by atoms with Crippen molar-refractivity contribution in [1.82, 2.24) is 10.3 Å². The first kappa shape index (κ1) is 33.4. The molecule has 46 heavy (non-hydrogen) atoms. The fraction of sp³-hybridized carbons (Fsp3) is 0.472. The highest BCUT2D eigenvalue weighted by molar-refractivity contribution is 6.30. The molecule has 1 aromatic heterocycles. The highest BCUT2D eigenvalue weighted by Gasteiger charge is 2.37. The number of nitrogens with one attached hydrogen (secondary N) is 2. The fourth-order valence-corrected chi connectivity index (χ4v) is 6.30. The monoisotopic (exact) mass is 648 g/mol. The number of methoxy groups -OCH3 is 1. The summed E-state index contributed by atoms with van der Waals surface area (Å²) in [4.78, 5) is 32.5. The zero-order valence-corrected chi connectivity index (χ0v) is 28.3. The van der Waals surface area contributed by atoms with Gasteiger partial charge in [0, 0.05) is 17.6 Å². The van der Waals surface area contributed by atoms with Crippen LogP contribution in [0.15, 0.2) is 54.7 Å². The van der Waals surface area contributed by atoms with Crippen LogP contribution in [-0.4, -0.2) is 48.4 Å². The molecule has 10 heteroatoms. The fourth-order valence-electron chi connectivity index (χ4n) is 6.18. The van der Waals surface area contributed by atoms with Crippen molar-refractivity contribution in [3.05, 3.63) is 76.4 Å². The van der Waals surface area contributed by atoms with E-state index in [0.717, 1.165) is 54.6 Å². The molecule has 9 nitrogen and oxygen atoms in total. The number of ether oxygens (including phenoxy) is 3. The largest absolute Gasteiger partial charge is 0.493 e. The number of hydrogen-bond acceptors (Lipinski definition) is 7. The van der Waals surface area contributed by atoms with Crippen molar-refractivity contribution < 1.29 is 23.8 Å². The maximum Gasteiger partial charge on any atom is 0.407 e. The Balaban J connectivity index is 1.30. The van der Waals surface area contributed by atoms with E-state index in [1.165, 1.54) is 0 Å². The molecule has 1 saturated carbocycles. The maximum atomic E-state index is 13.8. The first-order valence-electron chi connectivity index (χ1n) is 16.0. The van der Waals surface area contributed by atoms with Crippen molar-refractivity contribution in [3.8, 4) is 11.5 Å². The third-order valence-corrected chi connectivity index (χ3v) is 8.55. The van der Waals surface area contributed by atoms with Crippen molar-refractivity contribution in [3.63, 3.8) is 0 Å². The molecule has 2 amide bonds. The second-order valence-corrected chi connectivity index (χ2v) is 13.8. The Kier molecular flexibility index (Phi) is 10.3. The molecule has 1 fully saturated rings. The minimum atomic E-state index is -0.503. The number of pyridine rings is 1. The lowest BCUT2D eigenvalue weighted by atomic mass is 9.86. The summed E-state index contributed by atoms with van der Waals surface area (Å²) in [5, 5.41) is 7.15. The Hall–Kier alpha value is -3.98. The van der Waals surface area contributed by atoms with Gasteiger partial charge >= 0.3 is 6.09 Å². The van der Waals surface area contributed by atoms with E-state index in [0.29, 0.717) is 28.3 Å². The number of hydrogen-bond donors (Lipinski definition) is 2. The van der Waals surface area contributed by atoms with Crippen LogP contribution in [0.3, 0.4) is 0 Å². The third-order valence-electron chi connectivity index (χ3n) is 8.29. The topological polar surface area (TPSA) is 102 Å². The molecule has 0 saturated heterocycles. The van der Waals surface area contributed by atoms with Crippen LogP contribution >= 0.6 is 11.6 Å². The van der Waals surface area contributed by atoms with Gasteiger partial charge in [0.25, 0.3) is 0 Å². The quantitative estimate of drug-likeness (QED) is 0.245. The Morgan fingerprint density at radius 2 is 1.76 bits per heavy atom. The van der Waals surface area contributed by atoms with Crippen LogP contribution in [-0.2, 0) is 16.0 Å². The van der Waals surface area contributed by atoms with Gasteiger partial charge in [-0.05, 0) is 119 Å². The number of anilines is 2. The first-order valence-corrected chi connectivity index (χ1v) is 16.4. The zero-order valence-electron chi connectivity index (χ0n) is 27.6. The number of amides is 2. The summed E-state index contributed by atoms with van der Waals surface area (Å²) in [5.74, 6) is 2.23. The van der Waals surface area contributed by atoms with E-state index >= 15 is 0 Å². The van der Waals surface area contributed by atoms with Crippen molar-refractivity contribution in [1.29, 1.82) is 0 Å². The summed E-state index contributed by atoms with van der Waals surface area (Å²) in [6.07, 6.45) is 5.46. The lowest BCUT2D eigenvalue weighted by Crippen LogP contribution is -2.41. The molecule has 0 radical (unpaired) electrons. The normalized spacial score (nSPS) is 19.8. The summed E-state index contributed by atoms with van der Waals surface area (Å²) in [7, 11) is 1.61. The minimum Gasteiger partial charge on any atom is -0.493 e. The van der Waals surface area contributed by atoms with Gasteiger partial charge in [-0.3, -0.25) is 9.69 Å². The van der Waals surface area contributed by atoms with Gasteiger partial charge in [0.1, 0.15) is 11.4 Å². The van der Waals surface area contributed by atoms with Crippen molar-refractivity contribution >= 4 is 35.1 Å². The highest BCUT2D eigenvalue weighted by Crippen LogP contribution is 2.43. The van der Waals surface area contributed by atoms with E-state index in [-0.39, 0.29) is 30.6 Å². The second-order valence-electron chi connectivity index (χ2n) is 13.4. The van der Waals surface area contributed by atoms with Crippen LogP contribution < -0.4 is 25.0 Å². The number of benzene rings is 2. The number of carbonyl (C=O) groups excluding carboxylic acids is 2. The molecule has 3 aromatic rings. The van der Waals surface area contributed by atoms with E-state index in [1.807, 2.05) is 83.1 Å². The van der Waals surface area contributed by atoms with E-state index in [2.05, 4.69) is 10.6 Å². The third kappa shape index (κ3) is 8.23. The summed E-state index contributed by atoms with van der Waals surface area (Å²) in [6.45, 7) is 10.4. The first-order chi connectivity index (χ1) is 21.9. The predicted octanol–water partition coefficient (Wildman–Crippen LogP) is 7.70. The van der Waals surface area contributed by atoms with Gasteiger partial charge in [-0.2, -0.15) is 0 Å². The van der Waals surface area contributed by atoms with Gasteiger partial charge in [-0.15, -0.1) is 0 Å². The SMILES string of the molecule is COc1cc2c(cc1OC(C)C)C(c1ccc(Cl)cc1)N(c1ccc(NCC3CCC(NC(=O)OC(C)(C)C)CC3)cn1)C(=O)C2. The number of carbonyl (C=O) groups is 2. The number of halogens is 1. The van der Waals surface area contributed by atoms with E-state index < -0.39 is 11.6 Å².